The van der Waals surface area contributed by atoms with Crippen molar-refractivity contribution in [3.05, 3.63) is 0 Å². The molecule has 0 bridgehead atoms. The van der Waals surface area contributed by atoms with E-state index in [9.17, 15) is 0 Å². The van der Waals surface area contributed by atoms with Gasteiger partial charge in [-0.2, -0.15) is 0 Å². The van der Waals surface area contributed by atoms with Crippen LogP contribution in [0.4, 0.5) is 0 Å². The van der Waals surface area contributed by atoms with Gasteiger partial charge in [-0.05, 0) is 17.8 Å². The predicted octanol–water partition coefficient (Wildman–Crippen LogP) is 6.06. The Hall–Kier alpha value is 0. The summed E-state index contributed by atoms with van der Waals surface area (Å²) in [4.78, 5) is 0. The molecule has 0 unspecified atom stereocenters. The zero-order valence-electron chi connectivity index (χ0n) is 12.3. The van der Waals surface area contributed by atoms with Crippen molar-refractivity contribution in [2.75, 3.05) is 0 Å². The van der Waals surface area contributed by atoms with E-state index in [-0.39, 0.29) is 0 Å². The van der Waals surface area contributed by atoms with Gasteiger partial charge in [-0.1, -0.05) is 80.6 Å². The molecule has 0 heteroatoms. The van der Waals surface area contributed by atoms with Crippen LogP contribution in [-0.4, -0.2) is 0 Å². The lowest BCUT2D eigenvalue weighted by Gasteiger charge is -2.28. The van der Waals surface area contributed by atoms with Gasteiger partial charge in [0.15, 0.2) is 0 Å². The smallest absolute Gasteiger partial charge is 0.0380 e. The standard InChI is InChI=1S/C11H22.2C2H6/c1-11(2,3)9-10-7-5-4-6-8-10;2*1-2/h10H,4-9H2,1-3H3;2*1-2H3. The van der Waals surface area contributed by atoms with Crippen LogP contribution in [0.1, 0.15) is 87.0 Å². The summed E-state index contributed by atoms with van der Waals surface area (Å²) in [6.45, 7) is 15.1. The first-order valence-corrected chi connectivity index (χ1v) is 7.08. The molecule has 0 radical (unpaired) electrons. The maximum atomic E-state index is 2.36. The van der Waals surface area contributed by atoms with Crippen molar-refractivity contribution in [2.24, 2.45) is 11.3 Å². The Labute approximate surface area is 98.9 Å². The van der Waals surface area contributed by atoms with Crippen molar-refractivity contribution in [2.45, 2.75) is 87.0 Å². The maximum Gasteiger partial charge on any atom is -0.0380 e. The van der Waals surface area contributed by atoms with Gasteiger partial charge < -0.3 is 0 Å². The molecule has 0 aromatic heterocycles. The molecule has 0 amide bonds. The normalized spacial score (nSPS) is 17.0. The summed E-state index contributed by atoms with van der Waals surface area (Å²) in [5.74, 6) is 1.05. The lowest BCUT2D eigenvalue weighted by atomic mass is 9.78. The summed E-state index contributed by atoms with van der Waals surface area (Å²) in [5, 5.41) is 0. The fourth-order valence-corrected chi connectivity index (χ4v) is 2.26. The molecule has 1 fully saturated rings. The van der Waals surface area contributed by atoms with Crippen molar-refractivity contribution in [1.29, 1.82) is 0 Å². The molecular weight excluding hydrogens is 180 g/mol. The lowest BCUT2D eigenvalue weighted by molar-refractivity contribution is 0.240. The van der Waals surface area contributed by atoms with Crippen molar-refractivity contribution in [3.63, 3.8) is 0 Å². The fraction of sp³-hybridized carbons (Fsp3) is 1.00. The Morgan fingerprint density at radius 1 is 0.800 bits per heavy atom. The van der Waals surface area contributed by atoms with Crippen LogP contribution < -0.4 is 0 Å². The lowest BCUT2D eigenvalue weighted by Crippen LogP contribution is -2.15. The van der Waals surface area contributed by atoms with Crippen LogP contribution >= 0.6 is 0 Å². The monoisotopic (exact) mass is 214 g/mol. The van der Waals surface area contributed by atoms with Crippen LogP contribution in [0.25, 0.3) is 0 Å². The minimum absolute atomic E-state index is 0.558. The zero-order valence-corrected chi connectivity index (χ0v) is 12.3. The first-order valence-electron chi connectivity index (χ1n) is 7.08. The first kappa shape index (κ1) is 17.4. The molecule has 0 aromatic carbocycles. The van der Waals surface area contributed by atoms with Crippen LogP contribution in [0, 0.1) is 11.3 Å². The minimum Gasteiger partial charge on any atom is -0.0683 e. The van der Waals surface area contributed by atoms with Gasteiger partial charge >= 0.3 is 0 Å². The summed E-state index contributed by atoms with van der Waals surface area (Å²) in [6.07, 6.45) is 8.89. The Kier molecular flexibility index (Phi) is 12.2. The average Bonchev–Trinajstić information content (AvgIpc) is 2.23. The fourth-order valence-electron chi connectivity index (χ4n) is 2.26. The summed E-state index contributed by atoms with van der Waals surface area (Å²) < 4.78 is 0. The summed E-state index contributed by atoms with van der Waals surface area (Å²) in [6, 6.07) is 0. The van der Waals surface area contributed by atoms with E-state index >= 15 is 0 Å². The second kappa shape index (κ2) is 10.5. The molecule has 1 aliphatic carbocycles. The molecule has 94 valence electrons. The van der Waals surface area contributed by atoms with E-state index in [1.165, 1.54) is 38.5 Å². The van der Waals surface area contributed by atoms with Crippen molar-refractivity contribution in [3.8, 4) is 0 Å². The number of hydrogen-bond acceptors (Lipinski definition) is 0. The third-order valence-corrected chi connectivity index (χ3v) is 2.63. The molecule has 0 spiro atoms. The molecule has 0 aromatic rings. The second-order valence-corrected chi connectivity index (χ2v) is 5.27. The van der Waals surface area contributed by atoms with Gasteiger partial charge in [-0.25, -0.2) is 0 Å². The molecule has 0 aliphatic heterocycles. The first-order chi connectivity index (χ1) is 7.08. The number of rotatable bonds is 1. The van der Waals surface area contributed by atoms with Gasteiger partial charge in [-0.3, -0.25) is 0 Å². The largest absolute Gasteiger partial charge is 0.0683 e. The highest BCUT2D eigenvalue weighted by molar-refractivity contribution is 4.72. The van der Waals surface area contributed by atoms with E-state index < -0.39 is 0 Å². The van der Waals surface area contributed by atoms with E-state index in [1.807, 2.05) is 27.7 Å². The topological polar surface area (TPSA) is 0 Å². The highest BCUT2D eigenvalue weighted by atomic mass is 14.3. The van der Waals surface area contributed by atoms with Crippen LogP contribution in [0.15, 0.2) is 0 Å². The zero-order chi connectivity index (χ0) is 12.3. The third kappa shape index (κ3) is 11.9. The Morgan fingerprint density at radius 2 is 1.20 bits per heavy atom. The maximum absolute atomic E-state index is 2.36. The van der Waals surface area contributed by atoms with Crippen molar-refractivity contribution in [1.82, 2.24) is 0 Å². The van der Waals surface area contributed by atoms with Crippen LogP contribution in [-0.2, 0) is 0 Å². The molecule has 1 aliphatic rings. The van der Waals surface area contributed by atoms with Gasteiger partial charge in [0, 0.05) is 0 Å². The van der Waals surface area contributed by atoms with E-state index in [1.54, 1.807) is 0 Å². The molecule has 1 rings (SSSR count). The Balaban J connectivity index is 0. The van der Waals surface area contributed by atoms with Gasteiger partial charge in [0.1, 0.15) is 0 Å². The minimum atomic E-state index is 0.558. The Morgan fingerprint density at radius 3 is 1.53 bits per heavy atom. The molecule has 0 N–H and O–H groups in total. The molecule has 0 saturated heterocycles. The quantitative estimate of drug-likeness (QED) is 0.498. The molecule has 0 atom stereocenters. The van der Waals surface area contributed by atoms with Gasteiger partial charge in [0.05, 0.1) is 0 Å². The average molecular weight is 214 g/mol. The third-order valence-electron chi connectivity index (χ3n) is 2.63. The molecule has 0 heterocycles. The molecule has 0 nitrogen and oxygen atoms in total. The number of hydrogen-bond donors (Lipinski definition) is 0. The molecular formula is C15H34. The predicted molar refractivity (Wildman–Crippen MR) is 73.3 cm³/mol. The van der Waals surface area contributed by atoms with E-state index in [0.29, 0.717) is 5.41 Å². The van der Waals surface area contributed by atoms with Crippen LogP contribution in [0.2, 0.25) is 0 Å². The van der Waals surface area contributed by atoms with E-state index in [4.69, 9.17) is 0 Å². The highest BCUT2D eigenvalue weighted by Gasteiger charge is 2.20. The van der Waals surface area contributed by atoms with Gasteiger partial charge in [0.25, 0.3) is 0 Å². The van der Waals surface area contributed by atoms with Crippen molar-refractivity contribution < 1.29 is 0 Å². The molecule has 1 saturated carbocycles. The molecule has 15 heavy (non-hydrogen) atoms. The van der Waals surface area contributed by atoms with Crippen LogP contribution in [0.3, 0.4) is 0 Å². The summed E-state index contributed by atoms with van der Waals surface area (Å²) in [5.41, 5.74) is 0.558. The summed E-state index contributed by atoms with van der Waals surface area (Å²) in [7, 11) is 0. The second-order valence-electron chi connectivity index (χ2n) is 5.27. The van der Waals surface area contributed by atoms with Crippen molar-refractivity contribution >= 4 is 0 Å². The van der Waals surface area contributed by atoms with E-state index in [2.05, 4.69) is 20.8 Å². The highest BCUT2D eigenvalue weighted by Crippen LogP contribution is 2.33. The summed E-state index contributed by atoms with van der Waals surface area (Å²) >= 11 is 0. The van der Waals surface area contributed by atoms with Gasteiger partial charge in [-0.15, -0.1) is 0 Å². The SMILES string of the molecule is CC.CC.CC(C)(C)CC1CCCCC1. The van der Waals surface area contributed by atoms with Gasteiger partial charge in [0.2, 0.25) is 0 Å². The Bertz CT molecular complexity index is 102. The van der Waals surface area contributed by atoms with E-state index in [0.717, 1.165) is 5.92 Å². The van der Waals surface area contributed by atoms with Crippen LogP contribution in [0.5, 0.6) is 0 Å².